The molecule has 0 unspecified atom stereocenters. The topological polar surface area (TPSA) is 17.8 Å². The number of alkyl halides is 3. The lowest BCUT2D eigenvalue weighted by Gasteiger charge is -2.06. The van der Waals surface area contributed by atoms with Crippen LogP contribution >= 0.6 is 31.9 Å². The molecule has 1 aromatic heterocycles. The van der Waals surface area contributed by atoms with Crippen molar-refractivity contribution in [3.8, 4) is 0 Å². The maximum Gasteiger partial charge on any atom is 0.408 e. The molecule has 13 heavy (non-hydrogen) atoms. The zero-order chi connectivity index (χ0) is 10.2. The molecule has 1 rings (SSSR count). The highest BCUT2D eigenvalue weighted by Gasteiger charge is 2.30. The van der Waals surface area contributed by atoms with Gasteiger partial charge >= 0.3 is 6.18 Å². The van der Waals surface area contributed by atoms with Crippen molar-refractivity contribution >= 4 is 31.9 Å². The van der Waals surface area contributed by atoms with E-state index in [4.69, 9.17) is 0 Å². The summed E-state index contributed by atoms with van der Waals surface area (Å²) in [5.41, 5.74) is 0.657. The summed E-state index contributed by atoms with van der Waals surface area (Å²) in [4.78, 5) is 0. The molecule has 74 valence electrons. The lowest BCUT2D eigenvalue weighted by Crippen LogP contribution is -2.18. The summed E-state index contributed by atoms with van der Waals surface area (Å²) < 4.78 is 37.5. The molecular weight excluding hydrogens is 317 g/mol. The minimum Gasteiger partial charge on any atom is -0.248 e. The Balaban J connectivity index is 2.97. The lowest BCUT2D eigenvalue weighted by molar-refractivity contribution is -0.143. The second-order valence-electron chi connectivity index (χ2n) is 2.48. The lowest BCUT2D eigenvalue weighted by atomic mass is 10.4. The summed E-state index contributed by atoms with van der Waals surface area (Å²) >= 11 is 6.07. The van der Waals surface area contributed by atoms with E-state index in [2.05, 4.69) is 37.0 Å². The van der Waals surface area contributed by atoms with Crippen molar-refractivity contribution < 1.29 is 13.2 Å². The first-order valence-electron chi connectivity index (χ1n) is 3.26. The molecule has 0 N–H and O–H groups in total. The van der Waals surface area contributed by atoms with Crippen molar-refractivity contribution in [1.29, 1.82) is 0 Å². The van der Waals surface area contributed by atoms with Crippen molar-refractivity contribution in [1.82, 2.24) is 9.78 Å². The van der Waals surface area contributed by atoms with Crippen LogP contribution < -0.4 is 0 Å². The van der Waals surface area contributed by atoms with Crippen LogP contribution in [0.1, 0.15) is 5.56 Å². The van der Waals surface area contributed by atoms with Gasteiger partial charge in [-0.3, -0.25) is 0 Å². The van der Waals surface area contributed by atoms with Gasteiger partial charge in [-0.15, -0.1) is 0 Å². The van der Waals surface area contributed by atoms with Gasteiger partial charge in [0.05, 0.1) is 0 Å². The Labute approximate surface area is 89.4 Å². The third kappa shape index (κ3) is 2.70. The molecule has 0 radical (unpaired) electrons. The summed E-state index contributed by atoms with van der Waals surface area (Å²) in [6.45, 7) is 0.591. The molecule has 0 atom stereocenters. The van der Waals surface area contributed by atoms with Crippen molar-refractivity contribution in [2.24, 2.45) is 0 Å². The van der Waals surface area contributed by atoms with E-state index in [0.717, 1.165) is 4.68 Å². The Morgan fingerprint density at radius 3 is 2.23 bits per heavy atom. The molecule has 2 nitrogen and oxygen atoms in total. The third-order valence-corrected chi connectivity index (χ3v) is 3.14. The third-order valence-electron chi connectivity index (χ3n) is 1.38. The molecule has 0 saturated heterocycles. The minimum atomic E-state index is -4.25. The largest absolute Gasteiger partial charge is 0.408 e. The molecular formula is C6H5Br2F3N2. The molecule has 0 aliphatic carbocycles. The van der Waals surface area contributed by atoms with E-state index in [9.17, 15) is 13.2 Å². The molecule has 0 fully saturated rings. The number of hydrogen-bond donors (Lipinski definition) is 0. The highest BCUT2D eigenvalue weighted by molar-refractivity contribution is 9.11. The molecule has 0 amide bonds. The van der Waals surface area contributed by atoms with Crippen LogP contribution in [0.3, 0.4) is 0 Å². The summed E-state index contributed by atoms with van der Waals surface area (Å²) in [5.74, 6) is 0. The highest BCUT2D eigenvalue weighted by atomic mass is 79.9. The fraction of sp³-hybridized carbons (Fsp3) is 0.500. The van der Waals surface area contributed by atoms with Gasteiger partial charge in [-0.2, -0.15) is 18.3 Å². The molecule has 0 aromatic carbocycles. The molecule has 0 bridgehead atoms. The van der Waals surface area contributed by atoms with Gasteiger partial charge in [0, 0.05) is 5.56 Å². The summed E-state index contributed by atoms with van der Waals surface area (Å²) in [6.07, 6.45) is -4.25. The standard InChI is InChI=1S/C6H5Br2F3N2/c1-3-4(7)12-13(5(3)8)2-6(9,10)11/h2H2,1H3. The van der Waals surface area contributed by atoms with Crippen LogP contribution in [0.4, 0.5) is 13.2 Å². The SMILES string of the molecule is Cc1c(Br)nn(CC(F)(F)F)c1Br. The smallest absolute Gasteiger partial charge is 0.248 e. The van der Waals surface area contributed by atoms with E-state index in [1.807, 2.05) is 0 Å². The predicted octanol–water partition coefficient (Wildman–Crippen LogP) is 3.28. The average Bonchev–Trinajstić information content (AvgIpc) is 2.15. The average molecular weight is 322 g/mol. The Hall–Kier alpha value is -0.0400. The Bertz CT molecular complexity index is 318. The molecule has 7 heteroatoms. The predicted molar refractivity (Wildman–Crippen MR) is 48.4 cm³/mol. The minimum absolute atomic E-state index is 0.344. The van der Waals surface area contributed by atoms with E-state index in [-0.39, 0.29) is 0 Å². The van der Waals surface area contributed by atoms with Gasteiger partial charge in [-0.25, -0.2) is 4.68 Å². The second kappa shape index (κ2) is 3.61. The summed E-state index contributed by atoms with van der Waals surface area (Å²) in [7, 11) is 0. The van der Waals surface area contributed by atoms with Gasteiger partial charge in [0.1, 0.15) is 15.8 Å². The van der Waals surface area contributed by atoms with Crippen LogP contribution in [-0.4, -0.2) is 16.0 Å². The second-order valence-corrected chi connectivity index (χ2v) is 3.98. The summed E-state index contributed by atoms with van der Waals surface area (Å²) in [6, 6.07) is 0. The van der Waals surface area contributed by atoms with Crippen LogP contribution in [0.5, 0.6) is 0 Å². The highest BCUT2D eigenvalue weighted by Crippen LogP contribution is 2.26. The van der Waals surface area contributed by atoms with Crippen LogP contribution in [0.2, 0.25) is 0 Å². The molecule has 0 aliphatic rings. The van der Waals surface area contributed by atoms with Crippen molar-refractivity contribution in [3.05, 3.63) is 14.8 Å². The van der Waals surface area contributed by atoms with E-state index in [1.54, 1.807) is 6.92 Å². The van der Waals surface area contributed by atoms with Crippen molar-refractivity contribution in [2.45, 2.75) is 19.6 Å². The Morgan fingerprint density at radius 1 is 1.38 bits per heavy atom. The molecule has 0 saturated carbocycles. The monoisotopic (exact) mass is 320 g/mol. The van der Waals surface area contributed by atoms with Crippen LogP contribution in [-0.2, 0) is 6.54 Å². The number of aromatic nitrogens is 2. The van der Waals surface area contributed by atoms with Crippen LogP contribution in [0.25, 0.3) is 0 Å². The van der Waals surface area contributed by atoms with Crippen molar-refractivity contribution in [3.63, 3.8) is 0 Å². The van der Waals surface area contributed by atoms with Gasteiger partial charge in [0.25, 0.3) is 0 Å². The summed E-state index contributed by atoms with van der Waals surface area (Å²) in [5, 5.41) is 3.66. The van der Waals surface area contributed by atoms with Crippen molar-refractivity contribution in [2.75, 3.05) is 0 Å². The van der Waals surface area contributed by atoms with Gasteiger partial charge in [0.15, 0.2) is 0 Å². The van der Waals surface area contributed by atoms with Gasteiger partial charge in [0.2, 0.25) is 0 Å². The van der Waals surface area contributed by atoms with Crippen LogP contribution in [0.15, 0.2) is 9.21 Å². The molecule has 1 heterocycles. The fourth-order valence-electron chi connectivity index (χ4n) is 0.778. The van der Waals surface area contributed by atoms with E-state index in [0.29, 0.717) is 14.8 Å². The van der Waals surface area contributed by atoms with Gasteiger partial charge in [-0.1, -0.05) is 0 Å². The van der Waals surface area contributed by atoms with E-state index >= 15 is 0 Å². The Morgan fingerprint density at radius 2 is 1.92 bits per heavy atom. The normalized spacial score (nSPS) is 12.2. The maximum atomic E-state index is 12.0. The zero-order valence-electron chi connectivity index (χ0n) is 6.49. The van der Waals surface area contributed by atoms with Crippen LogP contribution in [0, 0.1) is 6.92 Å². The zero-order valence-corrected chi connectivity index (χ0v) is 9.66. The molecule has 1 aromatic rings. The van der Waals surface area contributed by atoms with E-state index < -0.39 is 12.7 Å². The molecule has 0 spiro atoms. The first-order chi connectivity index (χ1) is 5.81. The number of nitrogens with zero attached hydrogens (tertiary/aromatic N) is 2. The Kier molecular flexibility index (Phi) is 3.06. The van der Waals surface area contributed by atoms with Gasteiger partial charge in [-0.05, 0) is 38.8 Å². The first kappa shape index (κ1) is 11.0. The first-order valence-corrected chi connectivity index (χ1v) is 4.85. The van der Waals surface area contributed by atoms with E-state index in [1.165, 1.54) is 0 Å². The number of hydrogen-bond acceptors (Lipinski definition) is 1. The number of rotatable bonds is 1. The van der Waals surface area contributed by atoms with Gasteiger partial charge < -0.3 is 0 Å². The maximum absolute atomic E-state index is 12.0. The quantitative estimate of drug-likeness (QED) is 0.776. The number of halogens is 5. The molecule has 0 aliphatic heterocycles. The fourth-order valence-corrected chi connectivity index (χ4v) is 1.82.